The van der Waals surface area contributed by atoms with Crippen LogP contribution in [0.25, 0.3) is 11.3 Å². The molecule has 0 saturated carbocycles. The van der Waals surface area contributed by atoms with Crippen LogP contribution in [0.2, 0.25) is 0 Å². The predicted molar refractivity (Wildman–Crippen MR) is 95.9 cm³/mol. The number of halogens is 1. The van der Waals surface area contributed by atoms with Gasteiger partial charge in [-0.25, -0.2) is 4.39 Å². The standard InChI is InChI=1S/C19H22FN3O/c1-5-6-9-22-19(21-3)16-10-14(11-18(24-4)13(16)2)17-8-7-15(20)12-23-17/h6-12H,5H2,1-4H3,(H,21,22)/b9-6+. The van der Waals surface area contributed by atoms with Crippen molar-refractivity contribution >= 4 is 5.84 Å². The fourth-order valence-electron chi connectivity index (χ4n) is 2.36. The number of nitrogens with one attached hydrogen (secondary N) is 1. The molecule has 126 valence electrons. The maximum atomic E-state index is 13.1. The largest absolute Gasteiger partial charge is 0.496 e. The summed E-state index contributed by atoms with van der Waals surface area (Å²) in [5.41, 5.74) is 3.41. The zero-order valence-corrected chi connectivity index (χ0v) is 14.4. The molecule has 0 amide bonds. The van der Waals surface area contributed by atoms with Crippen LogP contribution < -0.4 is 10.1 Å². The Morgan fingerprint density at radius 1 is 1.38 bits per heavy atom. The van der Waals surface area contributed by atoms with E-state index in [1.54, 1.807) is 20.2 Å². The molecule has 0 aliphatic carbocycles. The molecule has 0 aliphatic rings. The van der Waals surface area contributed by atoms with Gasteiger partial charge in [0.25, 0.3) is 0 Å². The second-order valence-corrected chi connectivity index (χ2v) is 5.24. The zero-order valence-electron chi connectivity index (χ0n) is 14.4. The minimum atomic E-state index is -0.361. The number of hydrogen-bond acceptors (Lipinski definition) is 3. The zero-order chi connectivity index (χ0) is 17.5. The summed E-state index contributed by atoms with van der Waals surface area (Å²) in [5.74, 6) is 1.11. The summed E-state index contributed by atoms with van der Waals surface area (Å²) >= 11 is 0. The Balaban J connectivity index is 2.52. The number of nitrogens with zero attached hydrogens (tertiary/aromatic N) is 2. The molecule has 0 bridgehead atoms. The molecule has 0 radical (unpaired) electrons. The summed E-state index contributed by atoms with van der Waals surface area (Å²) in [6.45, 7) is 4.04. The van der Waals surface area contributed by atoms with Gasteiger partial charge in [-0.2, -0.15) is 0 Å². The Kier molecular flexibility index (Phi) is 6.07. The van der Waals surface area contributed by atoms with E-state index in [-0.39, 0.29) is 5.82 Å². The molecule has 1 heterocycles. The lowest BCUT2D eigenvalue weighted by molar-refractivity contribution is 0.412. The van der Waals surface area contributed by atoms with Crippen LogP contribution in [0.15, 0.2) is 47.7 Å². The molecule has 24 heavy (non-hydrogen) atoms. The summed E-state index contributed by atoms with van der Waals surface area (Å²) in [6.07, 6.45) is 6.03. The van der Waals surface area contributed by atoms with E-state index in [0.717, 1.165) is 34.7 Å². The number of methoxy groups -OCH3 is 1. The summed E-state index contributed by atoms with van der Waals surface area (Å²) < 4.78 is 18.6. The van der Waals surface area contributed by atoms with Gasteiger partial charge in [0.2, 0.25) is 0 Å². The molecule has 5 heteroatoms. The molecule has 0 saturated heterocycles. The first-order chi connectivity index (χ1) is 11.6. The van der Waals surface area contributed by atoms with Crippen LogP contribution in [0.3, 0.4) is 0 Å². The first kappa shape index (κ1) is 17.7. The van der Waals surface area contributed by atoms with Gasteiger partial charge >= 0.3 is 0 Å². The van der Waals surface area contributed by atoms with Crippen LogP contribution in [0, 0.1) is 12.7 Å². The lowest BCUT2D eigenvalue weighted by Crippen LogP contribution is -2.20. The van der Waals surface area contributed by atoms with E-state index in [1.807, 2.05) is 31.3 Å². The number of amidine groups is 1. The lowest BCUT2D eigenvalue weighted by Gasteiger charge is -2.15. The number of rotatable bonds is 5. The van der Waals surface area contributed by atoms with E-state index in [4.69, 9.17) is 4.74 Å². The summed E-state index contributed by atoms with van der Waals surface area (Å²) in [6, 6.07) is 6.92. The monoisotopic (exact) mass is 327 g/mol. The van der Waals surface area contributed by atoms with Gasteiger partial charge in [0.1, 0.15) is 17.4 Å². The highest BCUT2D eigenvalue weighted by atomic mass is 19.1. The molecular formula is C19H22FN3O. The second-order valence-electron chi connectivity index (χ2n) is 5.24. The Morgan fingerprint density at radius 2 is 2.17 bits per heavy atom. The quantitative estimate of drug-likeness (QED) is 0.664. The highest BCUT2D eigenvalue weighted by molar-refractivity contribution is 6.02. The van der Waals surface area contributed by atoms with Crippen molar-refractivity contribution in [2.75, 3.05) is 14.2 Å². The first-order valence-corrected chi connectivity index (χ1v) is 7.80. The van der Waals surface area contributed by atoms with Crippen LogP contribution in [-0.2, 0) is 0 Å². The van der Waals surface area contributed by atoms with Crippen molar-refractivity contribution in [2.24, 2.45) is 4.99 Å². The molecule has 1 aromatic carbocycles. The van der Waals surface area contributed by atoms with Crippen LogP contribution in [0.5, 0.6) is 5.75 Å². The normalized spacial score (nSPS) is 11.8. The molecule has 0 aliphatic heterocycles. The highest BCUT2D eigenvalue weighted by Crippen LogP contribution is 2.29. The topological polar surface area (TPSA) is 46.5 Å². The lowest BCUT2D eigenvalue weighted by atomic mass is 10.0. The summed E-state index contributed by atoms with van der Waals surface area (Å²) in [5, 5.41) is 3.20. The number of hydrogen-bond donors (Lipinski definition) is 1. The maximum absolute atomic E-state index is 13.1. The molecule has 2 rings (SSSR count). The summed E-state index contributed by atoms with van der Waals surface area (Å²) in [4.78, 5) is 8.48. The Labute approximate surface area is 142 Å². The molecule has 0 spiro atoms. The van der Waals surface area contributed by atoms with Crippen molar-refractivity contribution in [2.45, 2.75) is 20.3 Å². The van der Waals surface area contributed by atoms with Gasteiger partial charge in [-0.3, -0.25) is 9.98 Å². The van der Waals surface area contributed by atoms with E-state index in [0.29, 0.717) is 5.69 Å². The summed E-state index contributed by atoms with van der Waals surface area (Å²) in [7, 11) is 3.36. The van der Waals surface area contributed by atoms with Crippen molar-refractivity contribution in [3.8, 4) is 17.0 Å². The fourth-order valence-corrected chi connectivity index (χ4v) is 2.36. The van der Waals surface area contributed by atoms with Gasteiger partial charge in [0.15, 0.2) is 0 Å². The number of aromatic nitrogens is 1. The average molecular weight is 327 g/mol. The second kappa shape index (κ2) is 8.24. The van der Waals surface area contributed by atoms with Crippen molar-refractivity contribution < 1.29 is 9.13 Å². The van der Waals surface area contributed by atoms with Crippen molar-refractivity contribution in [1.82, 2.24) is 10.3 Å². The fraction of sp³-hybridized carbons (Fsp3) is 0.263. The van der Waals surface area contributed by atoms with Crippen LogP contribution in [0.1, 0.15) is 24.5 Å². The molecule has 1 N–H and O–H groups in total. The van der Waals surface area contributed by atoms with E-state index < -0.39 is 0 Å². The minimum Gasteiger partial charge on any atom is -0.496 e. The van der Waals surface area contributed by atoms with Gasteiger partial charge in [-0.1, -0.05) is 13.0 Å². The van der Waals surface area contributed by atoms with Gasteiger partial charge < -0.3 is 10.1 Å². The predicted octanol–water partition coefficient (Wildman–Crippen LogP) is 4.09. The molecule has 0 atom stereocenters. The van der Waals surface area contributed by atoms with Gasteiger partial charge in [-0.05, 0) is 43.8 Å². The SMILES string of the molecule is CC/C=C/NC(=NC)c1cc(-c2ccc(F)cn2)cc(OC)c1C. The Hall–Kier alpha value is -2.69. The Bertz CT molecular complexity index is 752. The van der Waals surface area contributed by atoms with Crippen molar-refractivity contribution in [1.29, 1.82) is 0 Å². The molecule has 4 nitrogen and oxygen atoms in total. The molecular weight excluding hydrogens is 305 g/mol. The molecule has 0 unspecified atom stereocenters. The van der Waals surface area contributed by atoms with E-state index in [2.05, 4.69) is 22.2 Å². The molecule has 0 fully saturated rings. The number of ether oxygens (including phenoxy) is 1. The number of aliphatic imine (C=N–C) groups is 1. The third-order valence-electron chi connectivity index (χ3n) is 3.66. The van der Waals surface area contributed by atoms with Crippen LogP contribution in [-0.4, -0.2) is 25.0 Å². The maximum Gasteiger partial charge on any atom is 0.141 e. The van der Waals surface area contributed by atoms with Crippen LogP contribution in [0.4, 0.5) is 4.39 Å². The van der Waals surface area contributed by atoms with Crippen LogP contribution >= 0.6 is 0 Å². The van der Waals surface area contributed by atoms with E-state index >= 15 is 0 Å². The molecule has 2 aromatic rings. The number of pyridine rings is 1. The number of benzene rings is 1. The number of allylic oxidation sites excluding steroid dienone is 1. The third-order valence-corrected chi connectivity index (χ3v) is 3.66. The van der Waals surface area contributed by atoms with E-state index in [9.17, 15) is 4.39 Å². The van der Waals surface area contributed by atoms with Gasteiger partial charge in [-0.15, -0.1) is 0 Å². The van der Waals surface area contributed by atoms with Crippen molar-refractivity contribution in [3.05, 3.63) is 59.7 Å². The van der Waals surface area contributed by atoms with Crippen molar-refractivity contribution in [3.63, 3.8) is 0 Å². The third kappa shape index (κ3) is 3.98. The Morgan fingerprint density at radius 3 is 2.75 bits per heavy atom. The van der Waals surface area contributed by atoms with Gasteiger partial charge in [0, 0.05) is 23.7 Å². The minimum absolute atomic E-state index is 0.361. The smallest absolute Gasteiger partial charge is 0.141 e. The van der Waals surface area contributed by atoms with Gasteiger partial charge in [0.05, 0.1) is 19.0 Å². The highest BCUT2D eigenvalue weighted by Gasteiger charge is 2.13. The average Bonchev–Trinajstić information content (AvgIpc) is 2.60. The first-order valence-electron chi connectivity index (χ1n) is 7.80. The molecule has 1 aromatic heterocycles. The van der Waals surface area contributed by atoms with E-state index in [1.165, 1.54) is 12.3 Å².